The molecule has 0 radical (unpaired) electrons. The van der Waals surface area contributed by atoms with Crippen LogP contribution < -0.4 is 5.32 Å². The van der Waals surface area contributed by atoms with Crippen LogP contribution in [0.2, 0.25) is 0 Å². The van der Waals surface area contributed by atoms with Crippen LogP contribution in [0.4, 0.5) is 0 Å². The van der Waals surface area contributed by atoms with Crippen molar-refractivity contribution in [3.8, 4) is 0 Å². The fourth-order valence-corrected chi connectivity index (χ4v) is 2.44. The number of ether oxygens (including phenoxy) is 5. The lowest BCUT2D eigenvalue weighted by Gasteiger charge is -2.44. The summed E-state index contributed by atoms with van der Waals surface area (Å²) in [6, 6.07) is -0.764. The summed E-state index contributed by atoms with van der Waals surface area (Å²) in [6.07, 6.45) is -3.22. The second-order valence-electron chi connectivity index (χ2n) is 5.08. The summed E-state index contributed by atoms with van der Waals surface area (Å²) in [4.78, 5) is 33.8. The van der Waals surface area contributed by atoms with Gasteiger partial charge < -0.3 is 29.0 Å². The number of methoxy groups -OCH3 is 2. The standard InChI is InChI=1S/C14H23NO8/c1-7(16)15-11-13(22-9(3)18)12(19-4)10(6-21-8(2)17)23-14(11)20-5/h10-14H,6H2,1-5H3,(H,15,16). The van der Waals surface area contributed by atoms with Crippen molar-refractivity contribution in [3.63, 3.8) is 0 Å². The molecule has 0 saturated carbocycles. The van der Waals surface area contributed by atoms with E-state index in [1.54, 1.807) is 0 Å². The monoisotopic (exact) mass is 333 g/mol. The van der Waals surface area contributed by atoms with Crippen molar-refractivity contribution in [3.05, 3.63) is 0 Å². The van der Waals surface area contributed by atoms with Crippen molar-refractivity contribution >= 4 is 17.8 Å². The van der Waals surface area contributed by atoms with Crippen molar-refractivity contribution in [1.29, 1.82) is 0 Å². The van der Waals surface area contributed by atoms with Crippen LogP contribution in [-0.2, 0) is 38.1 Å². The van der Waals surface area contributed by atoms with E-state index in [0.717, 1.165) is 0 Å². The average Bonchev–Trinajstić information content (AvgIpc) is 2.45. The summed E-state index contributed by atoms with van der Waals surface area (Å²) in [7, 11) is 2.80. The fourth-order valence-electron chi connectivity index (χ4n) is 2.44. The minimum atomic E-state index is -0.893. The zero-order valence-corrected chi connectivity index (χ0v) is 13.9. The number of hydrogen-bond donors (Lipinski definition) is 1. The Bertz CT molecular complexity index is 440. The molecule has 1 saturated heterocycles. The molecule has 0 aromatic rings. The van der Waals surface area contributed by atoms with E-state index in [9.17, 15) is 14.4 Å². The van der Waals surface area contributed by atoms with Gasteiger partial charge in [-0.3, -0.25) is 14.4 Å². The Hall–Kier alpha value is -1.71. The molecule has 23 heavy (non-hydrogen) atoms. The maximum atomic E-state index is 11.4. The van der Waals surface area contributed by atoms with Gasteiger partial charge in [0.1, 0.15) is 24.9 Å². The summed E-state index contributed by atoms with van der Waals surface area (Å²) in [5, 5.41) is 2.63. The summed E-state index contributed by atoms with van der Waals surface area (Å²) >= 11 is 0. The first-order chi connectivity index (χ1) is 10.8. The Kier molecular flexibility index (Phi) is 7.40. The molecule has 0 bridgehead atoms. The van der Waals surface area contributed by atoms with Crippen LogP contribution in [0.5, 0.6) is 0 Å². The molecule has 1 aliphatic heterocycles. The van der Waals surface area contributed by atoms with E-state index in [0.29, 0.717) is 0 Å². The van der Waals surface area contributed by atoms with Crippen molar-refractivity contribution in [2.24, 2.45) is 0 Å². The molecule has 1 fully saturated rings. The van der Waals surface area contributed by atoms with E-state index >= 15 is 0 Å². The fraction of sp³-hybridized carbons (Fsp3) is 0.786. The molecule has 1 N–H and O–H groups in total. The van der Waals surface area contributed by atoms with Crippen LogP contribution in [0.25, 0.3) is 0 Å². The molecule has 1 amide bonds. The van der Waals surface area contributed by atoms with E-state index in [-0.39, 0.29) is 12.5 Å². The quantitative estimate of drug-likeness (QED) is 0.640. The minimum Gasteiger partial charge on any atom is -0.463 e. The number of carbonyl (C=O) groups excluding carboxylic acids is 3. The van der Waals surface area contributed by atoms with Gasteiger partial charge in [-0.15, -0.1) is 0 Å². The normalized spacial score (nSPS) is 30.4. The van der Waals surface area contributed by atoms with Crippen LogP contribution in [-0.4, -0.2) is 69.3 Å². The topological polar surface area (TPSA) is 109 Å². The molecule has 1 aliphatic rings. The predicted octanol–water partition coefficient (Wildman–Crippen LogP) is -0.628. The van der Waals surface area contributed by atoms with Gasteiger partial charge in [-0.2, -0.15) is 0 Å². The summed E-state index contributed by atoms with van der Waals surface area (Å²) in [5.74, 6) is -1.37. The van der Waals surface area contributed by atoms with E-state index in [1.807, 2.05) is 0 Å². The third-order valence-corrected chi connectivity index (χ3v) is 3.27. The van der Waals surface area contributed by atoms with E-state index in [2.05, 4.69) is 5.32 Å². The molecule has 5 unspecified atom stereocenters. The molecule has 1 heterocycles. The number of esters is 2. The summed E-state index contributed by atoms with van der Waals surface area (Å²) in [6.45, 7) is 3.74. The zero-order chi connectivity index (χ0) is 17.6. The Morgan fingerprint density at radius 1 is 1.00 bits per heavy atom. The van der Waals surface area contributed by atoms with E-state index in [4.69, 9.17) is 23.7 Å². The Morgan fingerprint density at radius 2 is 1.65 bits per heavy atom. The molecule has 0 aromatic heterocycles. The lowest BCUT2D eigenvalue weighted by molar-refractivity contribution is -0.271. The second-order valence-corrected chi connectivity index (χ2v) is 5.08. The van der Waals surface area contributed by atoms with Gasteiger partial charge in [-0.1, -0.05) is 0 Å². The first-order valence-corrected chi connectivity index (χ1v) is 7.08. The van der Waals surface area contributed by atoms with Gasteiger partial charge in [0.15, 0.2) is 12.4 Å². The highest BCUT2D eigenvalue weighted by molar-refractivity contribution is 5.73. The molecule has 0 aromatic carbocycles. The van der Waals surface area contributed by atoms with E-state index in [1.165, 1.54) is 35.0 Å². The molecule has 132 valence electrons. The highest BCUT2D eigenvalue weighted by atomic mass is 16.7. The van der Waals surface area contributed by atoms with E-state index < -0.39 is 42.6 Å². The van der Waals surface area contributed by atoms with Crippen LogP contribution in [0, 0.1) is 0 Å². The van der Waals surface area contributed by atoms with Gasteiger partial charge >= 0.3 is 11.9 Å². The zero-order valence-electron chi connectivity index (χ0n) is 13.9. The first-order valence-electron chi connectivity index (χ1n) is 7.08. The Balaban J connectivity index is 3.04. The van der Waals surface area contributed by atoms with Gasteiger partial charge in [0.2, 0.25) is 5.91 Å². The maximum Gasteiger partial charge on any atom is 0.303 e. The molecule has 9 nitrogen and oxygen atoms in total. The Morgan fingerprint density at radius 3 is 2.09 bits per heavy atom. The molecule has 0 aliphatic carbocycles. The number of carbonyl (C=O) groups is 3. The summed E-state index contributed by atoms with van der Waals surface area (Å²) in [5.41, 5.74) is 0. The molecule has 1 rings (SSSR count). The Labute approximate surface area is 134 Å². The van der Waals surface area contributed by atoms with Gasteiger partial charge in [0, 0.05) is 35.0 Å². The lowest BCUT2D eigenvalue weighted by Crippen LogP contribution is -2.66. The molecule has 5 atom stereocenters. The second kappa shape index (κ2) is 8.80. The van der Waals surface area contributed by atoms with Crippen LogP contribution in [0.15, 0.2) is 0 Å². The van der Waals surface area contributed by atoms with Crippen molar-refractivity contribution in [1.82, 2.24) is 5.32 Å². The minimum absolute atomic E-state index is 0.0990. The summed E-state index contributed by atoms with van der Waals surface area (Å²) < 4.78 is 26.5. The molecular weight excluding hydrogens is 310 g/mol. The molecule has 0 spiro atoms. The van der Waals surface area contributed by atoms with Crippen molar-refractivity contribution in [2.45, 2.75) is 51.4 Å². The smallest absolute Gasteiger partial charge is 0.303 e. The maximum absolute atomic E-state index is 11.4. The third-order valence-electron chi connectivity index (χ3n) is 3.27. The van der Waals surface area contributed by atoms with Gasteiger partial charge in [0.25, 0.3) is 0 Å². The number of nitrogens with one attached hydrogen (secondary N) is 1. The number of amides is 1. The highest BCUT2D eigenvalue weighted by Crippen LogP contribution is 2.26. The highest BCUT2D eigenvalue weighted by Gasteiger charge is 2.49. The SMILES string of the molecule is COC1OC(COC(C)=O)C(OC)C(OC(C)=O)C1NC(C)=O. The van der Waals surface area contributed by atoms with Crippen LogP contribution in [0.3, 0.4) is 0 Å². The first kappa shape index (κ1) is 19.3. The van der Waals surface area contributed by atoms with Gasteiger partial charge in [-0.05, 0) is 0 Å². The van der Waals surface area contributed by atoms with Crippen LogP contribution >= 0.6 is 0 Å². The van der Waals surface area contributed by atoms with Gasteiger partial charge in [-0.25, -0.2) is 0 Å². The van der Waals surface area contributed by atoms with Crippen molar-refractivity contribution in [2.75, 3.05) is 20.8 Å². The lowest BCUT2D eigenvalue weighted by atomic mass is 9.96. The van der Waals surface area contributed by atoms with Crippen molar-refractivity contribution < 1.29 is 38.1 Å². The molecular formula is C14H23NO8. The number of hydrogen-bond acceptors (Lipinski definition) is 8. The number of rotatable bonds is 6. The van der Waals surface area contributed by atoms with Gasteiger partial charge in [0.05, 0.1) is 0 Å². The third kappa shape index (κ3) is 5.45. The predicted molar refractivity (Wildman–Crippen MR) is 76.3 cm³/mol. The largest absolute Gasteiger partial charge is 0.463 e. The molecule has 9 heteroatoms. The average molecular weight is 333 g/mol. The van der Waals surface area contributed by atoms with Crippen LogP contribution in [0.1, 0.15) is 20.8 Å².